The first-order chi connectivity index (χ1) is 6.49. The maximum absolute atomic E-state index is 5.70. The summed E-state index contributed by atoms with van der Waals surface area (Å²) in [7, 11) is 0. The molecule has 0 bridgehead atoms. The Morgan fingerprint density at radius 2 is 2.14 bits per heavy atom. The number of hydrogen-bond acceptors (Lipinski definition) is 3. The number of thiazole rings is 1. The van der Waals surface area contributed by atoms with E-state index in [1.807, 2.05) is 0 Å². The third-order valence-electron chi connectivity index (χ3n) is 2.42. The van der Waals surface area contributed by atoms with Crippen molar-refractivity contribution in [2.75, 3.05) is 6.54 Å². The average molecular weight is 212 g/mol. The van der Waals surface area contributed by atoms with Gasteiger partial charge in [0.15, 0.2) is 0 Å². The second-order valence-electron chi connectivity index (χ2n) is 4.66. The molecule has 14 heavy (non-hydrogen) atoms. The number of nitrogens with two attached hydrogens (primary N) is 1. The molecule has 0 saturated heterocycles. The zero-order chi connectivity index (χ0) is 10.8. The molecule has 0 radical (unpaired) electrons. The number of rotatable bonds is 3. The van der Waals surface area contributed by atoms with Crippen LogP contribution in [0.5, 0.6) is 0 Å². The van der Waals surface area contributed by atoms with Crippen molar-refractivity contribution in [1.82, 2.24) is 4.98 Å². The van der Waals surface area contributed by atoms with Crippen molar-refractivity contribution in [2.45, 2.75) is 45.4 Å². The van der Waals surface area contributed by atoms with E-state index in [0.29, 0.717) is 12.5 Å². The highest BCUT2D eigenvalue weighted by Gasteiger charge is 2.19. The molecule has 1 unspecified atom stereocenters. The Morgan fingerprint density at radius 1 is 1.50 bits per heavy atom. The Labute approximate surface area is 90.6 Å². The van der Waals surface area contributed by atoms with E-state index in [9.17, 15) is 0 Å². The Balaban J connectivity index is 2.87. The van der Waals surface area contributed by atoms with Gasteiger partial charge in [-0.25, -0.2) is 4.98 Å². The first kappa shape index (κ1) is 11.7. The molecule has 0 aliphatic heterocycles. The molecule has 1 heterocycles. The lowest BCUT2D eigenvalue weighted by Gasteiger charge is -2.15. The molecule has 3 heteroatoms. The second-order valence-corrected chi connectivity index (χ2v) is 5.55. The van der Waals surface area contributed by atoms with Crippen LogP contribution in [0.25, 0.3) is 0 Å². The Morgan fingerprint density at radius 3 is 2.50 bits per heavy atom. The zero-order valence-electron chi connectivity index (χ0n) is 9.50. The molecule has 1 atom stereocenters. The largest absolute Gasteiger partial charge is 0.330 e. The Bertz CT molecular complexity index is 282. The summed E-state index contributed by atoms with van der Waals surface area (Å²) in [6, 6.07) is 0. The average Bonchev–Trinajstić information content (AvgIpc) is 2.54. The van der Waals surface area contributed by atoms with Gasteiger partial charge in [0, 0.05) is 23.3 Å². The van der Waals surface area contributed by atoms with Gasteiger partial charge in [-0.1, -0.05) is 27.7 Å². The van der Waals surface area contributed by atoms with Crippen molar-refractivity contribution >= 4 is 11.3 Å². The molecule has 0 amide bonds. The van der Waals surface area contributed by atoms with E-state index in [-0.39, 0.29) is 5.41 Å². The molecule has 0 fully saturated rings. The summed E-state index contributed by atoms with van der Waals surface area (Å²) in [6.45, 7) is 9.43. The fraction of sp³-hybridized carbons (Fsp3) is 0.727. The van der Waals surface area contributed by atoms with Crippen LogP contribution >= 0.6 is 11.3 Å². The van der Waals surface area contributed by atoms with E-state index in [0.717, 1.165) is 6.42 Å². The van der Waals surface area contributed by atoms with E-state index >= 15 is 0 Å². The highest BCUT2D eigenvalue weighted by molar-refractivity contribution is 7.09. The summed E-state index contributed by atoms with van der Waals surface area (Å²) in [5, 5.41) is 3.35. The lowest BCUT2D eigenvalue weighted by Crippen LogP contribution is -2.14. The standard InChI is InChI=1S/C11H20N2S/c1-5-8(6-12)10-13-9(7-14-10)11(2,3)4/h7-8H,5-6,12H2,1-4H3. The van der Waals surface area contributed by atoms with Crippen molar-refractivity contribution in [1.29, 1.82) is 0 Å². The van der Waals surface area contributed by atoms with Gasteiger partial charge in [-0.15, -0.1) is 11.3 Å². The summed E-state index contributed by atoms with van der Waals surface area (Å²) in [5.74, 6) is 0.441. The van der Waals surface area contributed by atoms with Gasteiger partial charge in [0.2, 0.25) is 0 Å². The van der Waals surface area contributed by atoms with Crippen LogP contribution in [0.1, 0.15) is 50.7 Å². The van der Waals surface area contributed by atoms with Gasteiger partial charge in [0.25, 0.3) is 0 Å². The highest BCUT2D eigenvalue weighted by Crippen LogP contribution is 2.28. The van der Waals surface area contributed by atoms with Crippen molar-refractivity contribution < 1.29 is 0 Å². The van der Waals surface area contributed by atoms with Gasteiger partial charge in [-0.2, -0.15) is 0 Å². The second kappa shape index (κ2) is 4.41. The summed E-state index contributed by atoms with van der Waals surface area (Å²) in [4.78, 5) is 4.66. The van der Waals surface area contributed by atoms with Gasteiger partial charge in [0.05, 0.1) is 10.7 Å². The number of aromatic nitrogens is 1. The van der Waals surface area contributed by atoms with Gasteiger partial charge < -0.3 is 5.73 Å². The molecule has 2 nitrogen and oxygen atoms in total. The quantitative estimate of drug-likeness (QED) is 0.836. The van der Waals surface area contributed by atoms with Crippen LogP contribution in [0.2, 0.25) is 0 Å². The van der Waals surface area contributed by atoms with Crippen LogP contribution < -0.4 is 5.73 Å². The number of hydrogen-bond donors (Lipinski definition) is 1. The summed E-state index contributed by atoms with van der Waals surface area (Å²) >= 11 is 1.74. The lowest BCUT2D eigenvalue weighted by molar-refractivity contribution is 0.565. The predicted octanol–water partition coefficient (Wildman–Crippen LogP) is 2.89. The third kappa shape index (κ3) is 2.55. The van der Waals surface area contributed by atoms with E-state index in [2.05, 4.69) is 38.1 Å². The minimum absolute atomic E-state index is 0.154. The molecule has 0 spiro atoms. The first-order valence-electron chi connectivity index (χ1n) is 5.15. The van der Waals surface area contributed by atoms with E-state index in [1.165, 1.54) is 10.7 Å². The SMILES string of the molecule is CCC(CN)c1nc(C(C)(C)C)cs1. The highest BCUT2D eigenvalue weighted by atomic mass is 32.1. The van der Waals surface area contributed by atoms with Gasteiger partial charge in [-0.3, -0.25) is 0 Å². The van der Waals surface area contributed by atoms with Crippen molar-refractivity contribution in [3.63, 3.8) is 0 Å². The van der Waals surface area contributed by atoms with E-state index < -0.39 is 0 Å². The zero-order valence-corrected chi connectivity index (χ0v) is 10.3. The van der Waals surface area contributed by atoms with Gasteiger partial charge in [-0.05, 0) is 6.42 Å². The molecular weight excluding hydrogens is 192 g/mol. The fourth-order valence-corrected chi connectivity index (χ4v) is 2.51. The van der Waals surface area contributed by atoms with Crippen LogP contribution in [-0.4, -0.2) is 11.5 Å². The molecule has 0 aliphatic rings. The van der Waals surface area contributed by atoms with Crippen LogP contribution in [-0.2, 0) is 5.41 Å². The minimum atomic E-state index is 0.154. The van der Waals surface area contributed by atoms with Crippen LogP contribution in [0.4, 0.5) is 0 Å². The van der Waals surface area contributed by atoms with Crippen molar-refractivity contribution in [2.24, 2.45) is 5.73 Å². The van der Waals surface area contributed by atoms with E-state index in [1.54, 1.807) is 11.3 Å². The van der Waals surface area contributed by atoms with Gasteiger partial charge in [0.1, 0.15) is 0 Å². The number of nitrogens with zero attached hydrogens (tertiary/aromatic N) is 1. The molecular formula is C11H20N2S. The first-order valence-corrected chi connectivity index (χ1v) is 6.03. The monoisotopic (exact) mass is 212 g/mol. The molecule has 0 aliphatic carbocycles. The summed E-state index contributed by atoms with van der Waals surface area (Å²) < 4.78 is 0. The fourth-order valence-electron chi connectivity index (χ4n) is 1.26. The van der Waals surface area contributed by atoms with Crippen LogP contribution in [0.3, 0.4) is 0 Å². The molecule has 2 N–H and O–H groups in total. The van der Waals surface area contributed by atoms with Crippen LogP contribution in [0.15, 0.2) is 5.38 Å². The topological polar surface area (TPSA) is 38.9 Å². The molecule has 80 valence electrons. The molecule has 0 aromatic carbocycles. The lowest BCUT2D eigenvalue weighted by atomic mass is 9.93. The molecule has 1 rings (SSSR count). The Kier molecular flexibility index (Phi) is 3.67. The Hall–Kier alpha value is -0.410. The smallest absolute Gasteiger partial charge is 0.0972 e. The maximum atomic E-state index is 5.70. The van der Waals surface area contributed by atoms with Crippen molar-refractivity contribution in [3.05, 3.63) is 16.1 Å². The minimum Gasteiger partial charge on any atom is -0.330 e. The predicted molar refractivity (Wildman–Crippen MR) is 62.9 cm³/mol. The van der Waals surface area contributed by atoms with E-state index in [4.69, 9.17) is 5.73 Å². The maximum Gasteiger partial charge on any atom is 0.0972 e. The third-order valence-corrected chi connectivity index (χ3v) is 3.42. The normalized spacial score (nSPS) is 14.4. The van der Waals surface area contributed by atoms with Crippen molar-refractivity contribution in [3.8, 4) is 0 Å². The van der Waals surface area contributed by atoms with Gasteiger partial charge >= 0.3 is 0 Å². The molecule has 0 saturated carbocycles. The molecule has 1 aromatic heterocycles. The molecule has 1 aromatic rings. The summed E-state index contributed by atoms with van der Waals surface area (Å²) in [5.41, 5.74) is 7.04. The van der Waals surface area contributed by atoms with Crippen LogP contribution in [0, 0.1) is 0 Å². The summed E-state index contributed by atoms with van der Waals surface area (Å²) in [6.07, 6.45) is 1.08.